The smallest absolute Gasteiger partial charge is 0.205 e. The van der Waals surface area contributed by atoms with E-state index in [2.05, 4.69) is 22.4 Å². The maximum absolute atomic E-state index is 5.81. The van der Waals surface area contributed by atoms with Crippen LogP contribution >= 0.6 is 11.3 Å². The number of anilines is 1. The van der Waals surface area contributed by atoms with E-state index in [9.17, 15) is 0 Å². The molecule has 0 aliphatic carbocycles. The number of hydrogen-bond donors (Lipinski definition) is 1. The molecule has 5 heteroatoms. The Morgan fingerprint density at radius 2 is 2.38 bits per heavy atom. The van der Waals surface area contributed by atoms with Gasteiger partial charge in [0.05, 0.1) is 18.2 Å². The summed E-state index contributed by atoms with van der Waals surface area (Å²) in [5.74, 6) is 0. The first-order chi connectivity index (χ1) is 7.85. The number of rotatable bonds is 4. The second-order valence-electron chi connectivity index (χ2n) is 4.61. The van der Waals surface area contributed by atoms with E-state index in [1.54, 1.807) is 11.3 Å². The summed E-state index contributed by atoms with van der Waals surface area (Å²) in [7, 11) is 0. The molecule has 2 bridgehead atoms. The summed E-state index contributed by atoms with van der Waals surface area (Å²) in [6, 6.07) is 0.459. The fourth-order valence-electron chi connectivity index (χ4n) is 2.58. The van der Waals surface area contributed by atoms with Crippen molar-refractivity contribution in [1.82, 2.24) is 10.2 Å². The van der Waals surface area contributed by atoms with Gasteiger partial charge in [0.2, 0.25) is 5.13 Å². The molecule has 0 saturated carbocycles. The quantitative estimate of drug-likeness (QED) is 0.875. The molecule has 88 valence electrons. The number of nitrogens with zero attached hydrogens (tertiary/aromatic N) is 2. The monoisotopic (exact) mass is 239 g/mol. The number of aryl methyl sites for hydroxylation is 1. The molecule has 1 aromatic heterocycles. The third kappa shape index (κ3) is 1.94. The molecule has 3 heterocycles. The van der Waals surface area contributed by atoms with Crippen molar-refractivity contribution in [3.63, 3.8) is 0 Å². The van der Waals surface area contributed by atoms with Crippen molar-refractivity contribution >= 4 is 16.5 Å². The average molecular weight is 239 g/mol. The molecular weight excluding hydrogens is 222 g/mol. The molecule has 1 N–H and O–H groups in total. The van der Waals surface area contributed by atoms with Crippen LogP contribution in [0.5, 0.6) is 0 Å². The topological polar surface area (TPSA) is 47.0 Å². The summed E-state index contributed by atoms with van der Waals surface area (Å²) in [5.41, 5.74) is 0. The Morgan fingerprint density at radius 3 is 3.06 bits per heavy atom. The van der Waals surface area contributed by atoms with Gasteiger partial charge in [0.1, 0.15) is 5.01 Å². The molecule has 3 atom stereocenters. The second kappa shape index (κ2) is 4.30. The highest BCUT2D eigenvalue weighted by Gasteiger charge is 2.41. The molecular formula is C11H17N3OS. The molecule has 0 amide bonds. The zero-order chi connectivity index (χ0) is 11.0. The van der Waals surface area contributed by atoms with E-state index in [0.717, 1.165) is 29.4 Å². The van der Waals surface area contributed by atoms with E-state index in [-0.39, 0.29) is 0 Å². The van der Waals surface area contributed by atoms with E-state index in [1.807, 2.05) is 0 Å². The lowest BCUT2D eigenvalue weighted by molar-refractivity contribution is 0.102. The van der Waals surface area contributed by atoms with Crippen molar-refractivity contribution in [3.8, 4) is 0 Å². The molecule has 0 unspecified atom stereocenters. The zero-order valence-corrected chi connectivity index (χ0v) is 10.3. The lowest BCUT2D eigenvalue weighted by atomic mass is 9.96. The van der Waals surface area contributed by atoms with Gasteiger partial charge in [0.15, 0.2) is 0 Å². The number of hydrogen-bond acceptors (Lipinski definition) is 5. The van der Waals surface area contributed by atoms with Gasteiger partial charge in [-0.15, -0.1) is 10.2 Å². The van der Waals surface area contributed by atoms with Gasteiger partial charge in [-0.1, -0.05) is 18.3 Å². The average Bonchev–Trinajstić information content (AvgIpc) is 2.95. The molecule has 2 aliphatic rings. The highest BCUT2D eigenvalue weighted by Crippen LogP contribution is 2.36. The van der Waals surface area contributed by atoms with Crippen molar-refractivity contribution in [3.05, 3.63) is 5.01 Å². The van der Waals surface area contributed by atoms with Gasteiger partial charge in [-0.3, -0.25) is 0 Å². The van der Waals surface area contributed by atoms with Crippen molar-refractivity contribution in [2.45, 2.75) is 57.3 Å². The summed E-state index contributed by atoms with van der Waals surface area (Å²) in [5, 5.41) is 13.9. The second-order valence-corrected chi connectivity index (χ2v) is 5.67. The van der Waals surface area contributed by atoms with Gasteiger partial charge >= 0.3 is 0 Å². The SMILES string of the molecule is CCCc1nnc(N[C@@H]2C[C@H]3CC[C@H]2O3)s1. The molecule has 2 fully saturated rings. The lowest BCUT2D eigenvalue weighted by Gasteiger charge is -2.18. The van der Waals surface area contributed by atoms with Crippen molar-refractivity contribution < 1.29 is 4.74 Å². The van der Waals surface area contributed by atoms with E-state index in [4.69, 9.17) is 4.74 Å². The number of fused-ring (bicyclic) bond motifs is 2. The van der Waals surface area contributed by atoms with Crippen LogP contribution in [0.1, 0.15) is 37.6 Å². The molecule has 2 aliphatic heterocycles. The predicted molar refractivity (Wildman–Crippen MR) is 63.8 cm³/mol. The minimum Gasteiger partial charge on any atom is -0.373 e. The first-order valence-electron chi connectivity index (χ1n) is 6.09. The van der Waals surface area contributed by atoms with Gasteiger partial charge < -0.3 is 10.1 Å². The highest BCUT2D eigenvalue weighted by molar-refractivity contribution is 7.15. The van der Waals surface area contributed by atoms with E-state index < -0.39 is 0 Å². The van der Waals surface area contributed by atoms with Crippen molar-refractivity contribution in [1.29, 1.82) is 0 Å². The van der Waals surface area contributed by atoms with E-state index in [1.165, 1.54) is 12.8 Å². The van der Waals surface area contributed by atoms with E-state index >= 15 is 0 Å². The van der Waals surface area contributed by atoms with Crippen LogP contribution in [0, 0.1) is 0 Å². The van der Waals surface area contributed by atoms with Crippen molar-refractivity contribution in [2.24, 2.45) is 0 Å². The van der Waals surface area contributed by atoms with Crippen LogP contribution in [-0.4, -0.2) is 28.4 Å². The Balaban J connectivity index is 1.61. The van der Waals surface area contributed by atoms with Crippen LogP contribution in [0.15, 0.2) is 0 Å². The third-order valence-electron chi connectivity index (χ3n) is 3.35. The fourth-order valence-corrected chi connectivity index (χ4v) is 3.48. The third-order valence-corrected chi connectivity index (χ3v) is 4.26. The van der Waals surface area contributed by atoms with E-state index in [0.29, 0.717) is 18.2 Å². The zero-order valence-electron chi connectivity index (χ0n) is 9.48. The van der Waals surface area contributed by atoms with Gasteiger partial charge in [0.25, 0.3) is 0 Å². The fraction of sp³-hybridized carbons (Fsp3) is 0.818. The number of aromatic nitrogens is 2. The molecule has 3 rings (SSSR count). The molecule has 0 radical (unpaired) electrons. The standard InChI is InChI=1S/C11H17N3OS/c1-2-3-10-13-14-11(16-10)12-8-6-7-4-5-9(8)15-7/h7-9H,2-6H2,1H3,(H,12,14)/t7-,8-,9-/m1/s1. The van der Waals surface area contributed by atoms with Gasteiger partial charge in [-0.25, -0.2) is 0 Å². The number of nitrogens with one attached hydrogen (secondary N) is 1. The Labute approximate surface area is 99.4 Å². The normalized spacial score (nSPS) is 32.2. The molecule has 4 nitrogen and oxygen atoms in total. The summed E-state index contributed by atoms with van der Waals surface area (Å²) < 4.78 is 5.81. The molecule has 2 saturated heterocycles. The van der Waals surface area contributed by atoms with Gasteiger partial charge in [0, 0.05) is 6.42 Å². The van der Waals surface area contributed by atoms with Crippen LogP contribution in [0.2, 0.25) is 0 Å². The van der Waals surface area contributed by atoms with Crippen LogP contribution in [0.25, 0.3) is 0 Å². The summed E-state index contributed by atoms with van der Waals surface area (Å²) in [6.07, 6.45) is 6.63. The first kappa shape index (κ1) is 10.5. The Hall–Kier alpha value is -0.680. The summed E-state index contributed by atoms with van der Waals surface area (Å²) in [4.78, 5) is 0. The molecule has 0 aromatic carbocycles. The molecule has 1 aromatic rings. The maximum atomic E-state index is 5.81. The minimum atomic E-state index is 0.406. The highest BCUT2D eigenvalue weighted by atomic mass is 32.1. The first-order valence-corrected chi connectivity index (χ1v) is 6.91. The Bertz CT molecular complexity index is 368. The Kier molecular flexibility index (Phi) is 2.81. The largest absolute Gasteiger partial charge is 0.373 e. The summed E-state index contributed by atoms with van der Waals surface area (Å²) in [6.45, 7) is 2.16. The maximum Gasteiger partial charge on any atom is 0.205 e. The van der Waals surface area contributed by atoms with Crippen LogP contribution in [0.3, 0.4) is 0 Å². The lowest BCUT2D eigenvalue weighted by Crippen LogP contribution is -2.30. The predicted octanol–water partition coefficient (Wildman–Crippen LogP) is 2.22. The van der Waals surface area contributed by atoms with Gasteiger partial charge in [-0.05, 0) is 25.7 Å². The molecule has 16 heavy (non-hydrogen) atoms. The van der Waals surface area contributed by atoms with Crippen LogP contribution in [0.4, 0.5) is 5.13 Å². The minimum absolute atomic E-state index is 0.406. The summed E-state index contributed by atoms with van der Waals surface area (Å²) >= 11 is 1.68. The van der Waals surface area contributed by atoms with Crippen LogP contribution < -0.4 is 5.32 Å². The number of ether oxygens (including phenoxy) is 1. The van der Waals surface area contributed by atoms with Crippen molar-refractivity contribution in [2.75, 3.05) is 5.32 Å². The van der Waals surface area contributed by atoms with Gasteiger partial charge in [-0.2, -0.15) is 0 Å². The van der Waals surface area contributed by atoms with Crippen LogP contribution in [-0.2, 0) is 11.2 Å². The Morgan fingerprint density at radius 1 is 1.44 bits per heavy atom. The molecule has 0 spiro atoms.